The van der Waals surface area contributed by atoms with Crippen molar-refractivity contribution in [3.63, 3.8) is 0 Å². The van der Waals surface area contributed by atoms with Crippen LogP contribution in [0.5, 0.6) is 5.75 Å². The number of hydrogen-bond acceptors (Lipinski definition) is 3. The molecule has 0 aliphatic carbocycles. The van der Waals surface area contributed by atoms with Crippen molar-refractivity contribution in [2.24, 2.45) is 0 Å². The molecule has 0 fully saturated rings. The fourth-order valence-corrected chi connectivity index (χ4v) is 3.85. The van der Waals surface area contributed by atoms with E-state index >= 15 is 0 Å². The molecule has 134 valence electrons. The lowest BCUT2D eigenvalue weighted by molar-refractivity contribution is -0.122. The molecule has 1 aromatic carbocycles. The Balaban J connectivity index is 1.73. The van der Waals surface area contributed by atoms with E-state index in [4.69, 9.17) is 4.74 Å². The summed E-state index contributed by atoms with van der Waals surface area (Å²) in [5.74, 6) is 1.05. The first kappa shape index (κ1) is 17.5. The highest BCUT2D eigenvalue weighted by atomic mass is 16.5. The van der Waals surface area contributed by atoms with Crippen molar-refractivity contribution in [2.75, 3.05) is 0 Å². The summed E-state index contributed by atoms with van der Waals surface area (Å²) >= 11 is 0. The molecule has 3 rings (SSSR count). The van der Waals surface area contributed by atoms with Crippen LogP contribution in [0.4, 0.5) is 0 Å². The summed E-state index contributed by atoms with van der Waals surface area (Å²) in [5.41, 5.74) is 3.90. The molecule has 2 N–H and O–H groups in total. The molecule has 25 heavy (non-hydrogen) atoms. The van der Waals surface area contributed by atoms with Gasteiger partial charge in [0.2, 0.25) is 5.91 Å². The topological polar surface area (TPSA) is 67.0 Å². The van der Waals surface area contributed by atoms with Gasteiger partial charge in [-0.15, -0.1) is 0 Å². The van der Waals surface area contributed by atoms with Crippen LogP contribution in [0.15, 0.2) is 24.3 Å². The van der Waals surface area contributed by atoms with Gasteiger partial charge < -0.3 is 10.1 Å². The van der Waals surface area contributed by atoms with E-state index in [-0.39, 0.29) is 23.5 Å². The lowest BCUT2D eigenvalue weighted by Crippen LogP contribution is -2.41. The number of aryl methyl sites for hydroxylation is 2. The Morgan fingerprint density at radius 1 is 1.40 bits per heavy atom. The minimum atomic E-state index is -0.296. The van der Waals surface area contributed by atoms with E-state index in [2.05, 4.69) is 36.3 Å². The number of ether oxygens (including phenoxy) is 1. The van der Waals surface area contributed by atoms with Crippen LogP contribution in [0.3, 0.4) is 0 Å². The third-order valence-corrected chi connectivity index (χ3v) is 4.88. The number of nitrogens with one attached hydrogen (secondary N) is 2. The Kier molecular flexibility index (Phi) is 4.58. The number of carbonyl (C=O) groups excluding carboxylic acids is 1. The monoisotopic (exact) mass is 341 g/mol. The molecule has 0 bridgehead atoms. The van der Waals surface area contributed by atoms with Crippen molar-refractivity contribution in [3.05, 3.63) is 46.8 Å². The van der Waals surface area contributed by atoms with Gasteiger partial charge in [0.15, 0.2) is 0 Å². The van der Waals surface area contributed by atoms with Crippen LogP contribution in [0, 0.1) is 13.8 Å². The van der Waals surface area contributed by atoms with Crippen LogP contribution < -0.4 is 10.1 Å². The SMILES string of the molecule is Cc1n[nH]c(C)c1[C@H](C)CC(=O)N[C@@H]1CC(C)(C)Oc2ccccc21. The molecule has 0 saturated carbocycles. The van der Waals surface area contributed by atoms with Crippen LogP contribution in [0.1, 0.15) is 68.1 Å². The van der Waals surface area contributed by atoms with Crippen molar-refractivity contribution in [2.45, 2.75) is 65.0 Å². The molecule has 5 nitrogen and oxygen atoms in total. The van der Waals surface area contributed by atoms with Crippen LogP contribution in [-0.2, 0) is 4.79 Å². The van der Waals surface area contributed by atoms with Crippen molar-refractivity contribution < 1.29 is 9.53 Å². The lowest BCUT2D eigenvalue weighted by Gasteiger charge is -2.38. The van der Waals surface area contributed by atoms with Crippen molar-refractivity contribution in [3.8, 4) is 5.75 Å². The van der Waals surface area contributed by atoms with Gasteiger partial charge in [-0.3, -0.25) is 9.89 Å². The maximum atomic E-state index is 12.7. The zero-order valence-corrected chi connectivity index (χ0v) is 15.6. The van der Waals surface area contributed by atoms with E-state index in [0.29, 0.717) is 6.42 Å². The lowest BCUT2D eigenvalue weighted by atomic mass is 9.89. The van der Waals surface area contributed by atoms with Crippen LogP contribution in [-0.4, -0.2) is 21.7 Å². The van der Waals surface area contributed by atoms with E-state index in [1.807, 2.05) is 38.1 Å². The van der Waals surface area contributed by atoms with Crippen molar-refractivity contribution >= 4 is 5.91 Å². The minimum Gasteiger partial charge on any atom is -0.487 e. The highest BCUT2D eigenvalue weighted by Gasteiger charge is 2.34. The zero-order valence-electron chi connectivity index (χ0n) is 15.6. The smallest absolute Gasteiger partial charge is 0.221 e. The minimum absolute atomic E-state index is 0.0220. The van der Waals surface area contributed by atoms with Gasteiger partial charge in [0, 0.05) is 24.1 Å². The number of fused-ring (bicyclic) bond motifs is 1. The van der Waals surface area contributed by atoms with E-state index in [1.165, 1.54) is 0 Å². The van der Waals surface area contributed by atoms with E-state index in [1.54, 1.807) is 0 Å². The first-order valence-corrected chi connectivity index (χ1v) is 8.85. The predicted molar refractivity (Wildman–Crippen MR) is 97.7 cm³/mol. The molecule has 0 spiro atoms. The molecule has 1 aliphatic heterocycles. The molecule has 1 aromatic heterocycles. The van der Waals surface area contributed by atoms with Gasteiger partial charge in [0.25, 0.3) is 0 Å². The summed E-state index contributed by atoms with van der Waals surface area (Å²) in [6.45, 7) is 10.2. The van der Waals surface area contributed by atoms with Gasteiger partial charge in [-0.1, -0.05) is 25.1 Å². The standard InChI is InChI=1S/C20H27N3O2/c1-12(19-13(2)22-23-14(19)3)10-18(24)21-16-11-20(4,5)25-17-9-7-6-8-15(16)17/h6-9,12,16H,10-11H2,1-5H3,(H,21,24)(H,22,23)/t12-,16-/m1/s1. The highest BCUT2D eigenvalue weighted by Crippen LogP contribution is 2.39. The molecule has 5 heteroatoms. The summed E-state index contributed by atoms with van der Waals surface area (Å²) in [5, 5.41) is 10.4. The summed E-state index contributed by atoms with van der Waals surface area (Å²) in [4.78, 5) is 12.7. The molecular formula is C20H27N3O2. The van der Waals surface area contributed by atoms with Gasteiger partial charge in [-0.05, 0) is 45.2 Å². The number of amides is 1. The second-order valence-corrected chi connectivity index (χ2v) is 7.68. The molecular weight excluding hydrogens is 314 g/mol. The Hall–Kier alpha value is -2.30. The van der Waals surface area contributed by atoms with Gasteiger partial charge in [0.1, 0.15) is 11.4 Å². The summed E-state index contributed by atoms with van der Waals surface area (Å²) in [6, 6.07) is 7.93. The van der Waals surface area contributed by atoms with Crippen molar-refractivity contribution in [1.29, 1.82) is 0 Å². The molecule has 0 unspecified atom stereocenters. The molecule has 2 atom stereocenters. The molecule has 1 amide bonds. The average molecular weight is 341 g/mol. The molecule has 2 heterocycles. The Bertz CT molecular complexity index is 759. The molecule has 1 aliphatic rings. The van der Waals surface area contributed by atoms with Gasteiger partial charge in [-0.2, -0.15) is 5.10 Å². The second kappa shape index (κ2) is 6.54. The third-order valence-electron chi connectivity index (χ3n) is 4.88. The number of hydrogen-bond donors (Lipinski definition) is 2. The van der Waals surface area contributed by atoms with Gasteiger partial charge in [-0.25, -0.2) is 0 Å². The van der Waals surface area contributed by atoms with E-state index in [0.717, 1.165) is 34.7 Å². The number of aromatic nitrogens is 2. The fourth-order valence-electron chi connectivity index (χ4n) is 3.85. The molecule has 2 aromatic rings. The maximum Gasteiger partial charge on any atom is 0.221 e. The first-order valence-electron chi connectivity index (χ1n) is 8.85. The fraction of sp³-hybridized carbons (Fsp3) is 0.500. The zero-order chi connectivity index (χ0) is 18.2. The predicted octanol–water partition coefficient (Wildman–Crippen LogP) is 3.94. The quantitative estimate of drug-likeness (QED) is 0.885. The van der Waals surface area contributed by atoms with Crippen LogP contribution in [0.2, 0.25) is 0 Å². The summed E-state index contributed by atoms with van der Waals surface area (Å²) < 4.78 is 6.04. The number of aromatic amines is 1. The summed E-state index contributed by atoms with van der Waals surface area (Å²) in [6.07, 6.45) is 1.20. The first-order chi connectivity index (χ1) is 11.8. The number of rotatable bonds is 4. The van der Waals surface area contributed by atoms with Crippen LogP contribution >= 0.6 is 0 Å². The third kappa shape index (κ3) is 3.70. The normalized spacial score (nSPS) is 19.6. The molecule has 0 saturated heterocycles. The Morgan fingerprint density at radius 3 is 2.80 bits per heavy atom. The number of H-pyrrole nitrogens is 1. The van der Waals surface area contributed by atoms with Gasteiger partial charge >= 0.3 is 0 Å². The number of benzene rings is 1. The molecule has 0 radical (unpaired) electrons. The van der Waals surface area contributed by atoms with E-state index < -0.39 is 0 Å². The van der Waals surface area contributed by atoms with Crippen LogP contribution in [0.25, 0.3) is 0 Å². The Morgan fingerprint density at radius 2 is 2.12 bits per heavy atom. The largest absolute Gasteiger partial charge is 0.487 e. The second-order valence-electron chi connectivity index (χ2n) is 7.68. The van der Waals surface area contributed by atoms with Gasteiger partial charge in [0.05, 0.1) is 11.7 Å². The summed E-state index contributed by atoms with van der Waals surface area (Å²) in [7, 11) is 0. The van der Waals surface area contributed by atoms with E-state index in [9.17, 15) is 4.79 Å². The highest BCUT2D eigenvalue weighted by molar-refractivity contribution is 5.77. The average Bonchev–Trinajstić information content (AvgIpc) is 2.85. The maximum absolute atomic E-state index is 12.7. The Labute approximate surface area is 149 Å². The number of carbonyl (C=O) groups is 1. The van der Waals surface area contributed by atoms with Crippen molar-refractivity contribution in [1.82, 2.24) is 15.5 Å². The number of para-hydroxylation sites is 1. The number of nitrogens with zero attached hydrogens (tertiary/aromatic N) is 1.